The molecule has 1 amide bonds. The minimum atomic E-state index is -0.753. The van der Waals surface area contributed by atoms with Gasteiger partial charge in [-0.3, -0.25) is 9.59 Å². The summed E-state index contributed by atoms with van der Waals surface area (Å²) in [7, 11) is 0. The van der Waals surface area contributed by atoms with Crippen LogP contribution in [0.15, 0.2) is 0 Å². The van der Waals surface area contributed by atoms with Crippen molar-refractivity contribution in [1.29, 1.82) is 0 Å². The zero-order chi connectivity index (χ0) is 13.7. The Hall–Kier alpha value is -1.06. The second-order valence-electron chi connectivity index (χ2n) is 6.13. The molecule has 0 radical (unpaired) electrons. The molecule has 19 heavy (non-hydrogen) atoms. The van der Waals surface area contributed by atoms with Crippen LogP contribution in [-0.4, -0.2) is 23.5 Å². The highest BCUT2D eigenvalue weighted by Crippen LogP contribution is 2.31. The van der Waals surface area contributed by atoms with Gasteiger partial charge in [-0.25, -0.2) is 0 Å². The van der Waals surface area contributed by atoms with Crippen LogP contribution in [0, 0.1) is 17.8 Å². The summed E-state index contributed by atoms with van der Waals surface area (Å²) in [6.07, 6.45) is 9.64. The fourth-order valence-electron chi connectivity index (χ4n) is 3.49. The predicted octanol–water partition coefficient (Wildman–Crippen LogP) is 2.57. The van der Waals surface area contributed by atoms with Gasteiger partial charge in [-0.2, -0.15) is 0 Å². The van der Waals surface area contributed by atoms with Gasteiger partial charge in [0.1, 0.15) is 0 Å². The van der Waals surface area contributed by atoms with Crippen molar-refractivity contribution < 1.29 is 14.7 Å². The number of carbonyl (C=O) groups excluding carboxylic acids is 1. The molecular formula is C15H25NO3. The van der Waals surface area contributed by atoms with Gasteiger partial charge in [0.15, 0.2) is 0 Å². The first-order valence-corrected chi connectivity index (χ1v) is 7.67. The van der Waals surface area contributed by atoms with E-state index < -0.39 is 5.97 Å². The first kappa shape index (κ1) is 14.4. The quantitative estimate of drug-likeness (QED) is 0.727. The second-order valence-corrected chi connectivity index (χ2v) is 6.13. The Morgan fingerprint density at radius 2 is 1.74 bits per heavy atom. The lowest BCUT2D eigenvalue weighted by atomic mass is 10.0. The molecule has 0 saturated heterocycles. The molecule has 0 spiro atoms. The summed E-state index contributed by atoms with van der Waals surface area (Å²) >= 11 is 0. The zero-order valence-electron chi connectivity index (χ0n) is 11.6. The van der Waals surface area contributed by atoms with Gasteiger partial charge in [0.25, 0.3) is 0 Å². The Morgan fingerprint density at radius 3 is 2.37 bits per heavy atom. The minimum absolute atomic E-state index is 0.0650. The number of nitrogens with one attached hydrogen (secondary N) is 1. The van der Waals surface area contributed by atoms with Crippen molar-refractivity contribution in [3.05, 3.63) is 0 Å². The van der Waals surface area contributed by atoms with Crippen molar-refractivity contribution in [2.24, 2.45) is 17.8 Å². The summed E-state index contributed by atoms with van der Waals surface area (Å²) in [6.45, 7) is 0.754. The summed E-state index contributed by atoms with van der Waals surface area (Å²) in [5, 5.41) is 11.9. The van der Waals surface area contributed by atoms with Crippen molar-refractivity contribution in [2.45, 2.75) is 57.8 Å². The monoisotopic (exact) mass is 267 g/mol. The van der Waals surface area contributed by atoms with E-state index in [1.165, 1.54) is 32.1 Å². The van der Waals surface area contributed by atoms with E-state index in [9.17, 15) is 9.59 Å². The molecule has 108 valence electrons. The van der Waals surface area contributed by atoms with Gasteiger partial charge in [-0.05, 0) is 38.0 Å². The Kier molecular flexibility index (Phi) is 5.23. The predicted molar refractivity (Wildman–Crippen MR) is 72.7 cm³/mol. The molecule has 4 heteroatoms. The van der Waals surface area contributed by atoms with Crippen LogP contribution in [0.4, 0.5) is 0 Å². The van der Waals surface area contributed by atoms with Crippen LogP contribution in [-0.2, 0) is 9.59 Å². The smallest absolute Gasteiger partial charge is 0.306 e. The van der Waals surface area contributed by atoms with Crippen molar-refractivity contribution in [1.82, 2.24) is 5.32 Å². The lowest BCUT2D eigenvalue weighted by Gasteiger charge is -2.12. The molecular weight excluding hydrogens is 242 g/mol. The van der Waals surface area contributed by atoms with Gasteiger partial charge < -0.3 is 10.4 Å². The van der Waals surface area contributed by atoms with Crippen LogP contribution in [0.5, 0.6) is 0 Å². The Labute approximate surface area is 115 Å². The molecule has 0 aliphatic heterocycles. The Balaban J connectivity index is 1.58. The van der Waals surface area contributed by atoms with Crippen molar-refractivity contribution in [3.8, 4) is 0 Å². The highest BCUT2D eigenvalue weighted by Gasteiger charge is 2.33. The molecule has 0 heterocycles. The minimum Gasteiger partial charge on any atom is -0.481 e. The van der Waals surface area contributed by atoms with Gasteiger partial charge >= 0.3 is 5.97 Å². The second kappa shape index (κ2) is 6.92. The van der Waals surface area contributed by atoms with E-state index in [4.69, 9.17) is 5.11 Å². The topological polar surface area (TPSA) is 66.4 Å². The molecule has 2 rings (SSSR count). The van der Waals surface area contributed by atoms with Gasteiger partial charge in [0.05, 0.1) is 5.92 Å². The molecule has 4 nitrogen and oxygen atoms in total. The lowest BCUT2D eigenvalue weighted by molar-refractivity contribution is -0.141. The number of carboxylic acids is 1. The van der Waals surface area contributed by atoms with Crippen LogP contribution in [0.2, 0.25) is 0 Å². The highest BCUT2D eigenvalue weighted by atomic mass is 16.4. The maximum Gasteiger partial charge on any atom is 0.306 e. The SMILES string of the molecule is O=C(O)[C@@H]1CC[C@H](C(=O)NCCCC2CCCC2)C1. The molecule has 0 unspecified atom stereocenters. The number of carboxylic acid groups (broad SMARTS) is 1. The van der Waals surface area contributed by atoms with E-state index in [-0.39, 0.29) is 17.7 Å². The molecule has 2 saturated carbocycles. The van der Waals surface area contributed by atoms with E-state index >= 15 is 0 Å². The molecule has 2 fully saturated rings. The molecule has 0 aromatic carbocycles. The van der Waals surface area contributed by atoms with Gasteiger partial charge in [-0.15, -0.1) is 0 Å². The molecule has 2 N–H and O–H groups in total. The number of amides is 1. The maximum atomic E-state index is 11.9. The highest BCUT2D eigenvalue weighted by molar-refractivity contribution is 5.80. The number of carbonyl (C=O) groups is 2. The Morgan fingerprint density at radius 1 is 1.05 bits per heavy atom. The van der Waals surface area contributed by atoms with Gasteiger partial charge in [0.2, 0.25) is 5.91 Å². The molecule has 2 atom stereocenters. The number of aliphatic carboxylic acids is 1. The molecule has 0 aromatic rings. The third kappa shape index (κ3) is 4.22. The first-order chi connectivity index (χ1) is 9.16. The molecule has 2 aliphatic rings. The van der Waals surface area contributed by atoms with Crippen LogP contribution in [0.1, 0.15) is 57.8 Å². The average molecular weight is 267 g/mol. The summed E-state index contributed by atoms with van der Waals surface area (Å²) in [6, 6.07) is 0. The number of hydrogen-bond acceptors (Lipinski definition) is 2. The summed E-state index contributed by atoms with van der Waals surface area (Å²) in [4.78, 5) is 22.8. The third-order valence-corrected chi connectivity index (χ3v) is 4.72. The average Bonchev–Trinajstić information content (AvgIpc) is 3.05. The number of hydrogen-bond donors (Lipinski definition) is 2. The molecule has 0 aromatic heterocycles. The zero-order valence-corrected chi connectivity index (χ0v) is 11.6. The van der Waals surface area contributed by atoms with E-state index in [1.807, 2.05) is 0 Å². The molecule has 2 aliphatic carbocycles. The first-order valence-electron chi connectivity index (χ1n) is 7.67. The number of rotatable bonds is 6. The largest absolute Gasteiger partial charge is 0.481 e. The van der Waals surface area contributed by atoms with Crippen molar-refractivity contribution in [2.75, 3.05) is 6.54 Å². The van der Waals surface area contributed by atoms with E-state index in [0.717, 1.165) is 25.3 Å². The standard InChI is InChI=1S/C15H25NO3/c17-14(12-7-8-13(10-12)15(18)19)16-9-3-6-11-4-1-2-5-11/h11-13H,1-10H2,(H,16,17)(H,18,19)/t12-,13+/m0/s1. The van der Waals surface area contributed by atoms with Crippen LogP contribution >= 0.6 is 0 Å². The lowest BCUT2D eigenvalue weighted by Crippen LogP contribution is -2.30. The van der Waals surface area contributed by atoms with Crippen LogP contribution < -0.4 is 5.32 Å². The third-order valence-electron chi connectivity index (χ3n) is 4.72. The van der Waals surface area contributed by atoms with Crippen molar-refractivity contribution in [3.63, 3.8) is 0 Å². The maximum absolute atomic E-state index is 11.9. The summed E-state index contributed by atoms with van der Waals surface area (Å²) < 4.78 is 0. The van der Waals surface area contributed by atoms with Crippen LogP contribution in [0.3, 0.4) is 0 Å². The normalized spacial score (nSPS) is 27.6. The summed E-state index contributed by atoms with van der Waals surface area (Å²) in [5.74, 6) is -0.201. The van der Waals surface area contributed by atoms with Crippen molar-refractivity contribution >= 4 is 11.9 Å². The fourth-order valence-corrected chi connectivity index (χ4v) is 3.49. The van der Waals surface area contributed by atoms with Gasteiger partial charge in [-0.1, -0.05) is 25.7 Å². The van der Waals surface area contributed by atoms with Gasteiger partial charge in [0, 0.05) is 12.5 Å². The van der Waals surface area contributed by atoms with E-state index in [1.54, 1.807) is 0 Å². The van der Waals surface area contributed by atoms with Crippen LogP contribution in [0.25, 0.3) is 0 Å². The molecule has 0 bridgehead atoms. The van der Waals surface area contributed by atoms with E-state index in [0.29, 0.717) is 12.8 Å². The summed E-state index contributed by atoms with van der Waals surface area (Å²) in [5.41, 5.74) is 0. The fraction of sp³-hybridized carbons (Fsp3) is 0.867. The Bertz CT molecular complexity index is 323. The van der Waals surface area contributed by atoms with E-state index in [2.05, 4.69) is 5.32 Å².